The molecule has 0 saturated heterocycles. The van der Waals surface area contributed by atoms with E-state index in [0.717, 1.165) is 17.7 Å². The molecule has 2 N–H and O–H groups in total. The van der Waals surface area contributed by atoms with E-state index in [9.17, 15) is 0 Å². The van der Waals surface area contributed by atoms with Crippen molar-refractivity contribution in [1.82, 2.24) is 0 Å². The average molecular weight is 275 g/mol. The molecule has 3 unspecified atom stereocenters. The molecule has 0 amide bonds. The lowest BCUT2D eigenvalue weighted by atomic mass is 9.67. The Morgan fingerprint density at radius 1 is 1.37 bits per heavy atom. The van der Waals surface area contributed by atoms with Gasteiger partial charge >= 0.3 is 0 Å². The molecule has 0 aromatic heterocycles. The summed E-state index contributed by atoms with van der Waals surface area (Å²) < 4.78 is 0. The standard InChI is InChI=1S/C17H25NS/c1-13-5-4-8-17(10-13,12-18)11-15-9-14-6-2-3-7-16(14)19-15/h2-3,6-7,13,15H,4-5,8-12,18H2,1H3. The summed E-state index contributed by atoms with van der Waals surface area (Å²) >= 11 is 2.09. The molecule has 1 aliphatic heterocycles. The number of benzene rings is 1. The van der Waals surface area contributed by atoms with E-state index in [-0.39, 0.29) is 0 Å². The molecule has 104 valence electrons. The van der Waals surface area contributed by atoms with Gasteiger partial charge in [-0.15, -0.1) is 11.8 Å². The second-order valence-corrected chi connectivity index (χ2v) is 8.00. The van der Waals surface area contributed by atoms with Crippen LogP contribution in [0.5, 0.6) is 0 Å². The third-order valence-electron chi connectivity index (χ3n) is 4.99. The molecule has 1 aromatic carbocycles. The van der Waals surface area contributed by atoms with E-state index in [4.69, 9.17) is 5.73 Å². The van der Waals surface area contributed by atoms with E-state index >= 15 is 0 Å². The molecular weight excluding hydrogens is 250 g/mol. The van der Waals surface area contributed by atoms with Crippen LogP contribution >= 0.6 is 11.8 Å². The van der Waals surface area contributed by atoms with E-state index in [1.54, 1.807) is 5.56 Å². The fourth-order valence-electron chi connectivity index (χ4n) is 4.07. The maximum Gasteiger partial charge on any atom is 0.0141 e. The van der Waals surface area contributed by atoms with Crippen molar-refractivity contribution >= 4 is 11.8 Å². The SMILES string of the molecule is CC1CCCC(CN)(CC2Cc3ccccc3S2)C1. The molecule has 0 spiro atoms. The Kier molecular flexibility index (Phi) is 3.91. The van der Waals surface area contributed by atoms with Gasteiger partial charge in [-0.25, -0.2) is 0 Å². The predicted molar refractivity (Wildman–Crippen MR) is 83.5 cm³/mol. The van der Waals surface area contributed by atoms with Crippen molar-refractivity contribution < 1.29 is 0 Å². The highest BCUT2D eigenvalue weighted by Gasteiger charge is 2.37. The van der Waals surface area contributed by atoms with Crippen molar-refractivity contribution in [1.29, 1.82) is 0 Å². The zero-order chi connectivity index (χ0) is 13.3. The van der Waals surface area contributed by atoms with Crippen LogP contribution < -0.4 is 5.73 Å². The lowest BCUT2D eigenvalue weighted by molar-refractivity contribution is 0.141. The van der Waals surface area contributed by atoms with Crippen LogP contribution in [0.4, 0.5) is 0 Å². The Morgan fingerprint density at radius 2 is 2.21 bits per heavy atom. The van der Waals surface area contributed by atoms with E-state index in [1.807, 2.05) is 0 Å². The van der Waals surface area contributed by atoms with Crippen LogP contribution in [0.15, 0.2) is 29.2 Å². The number of rotatable bonds is 3. The van der Waals surface area contributed by atoms with Gasteiger partial charge in [-0.3, -0.25) is 0 Å². The summed E-state index contributed by atoms with van der Waals surface area (Å²) in [6.45, 7) is 3.28. The zero-order valence-electron chi connectivity index (χ0n) is 11.9. The molecule has 1 fully saturated rings. The van der Waals surface area contributed by atoms with Gasteiger partial charge in [0.2, 0.25) is 0 Å². The Bertz CT molecular complexity index is 420. The number of hydrogen-bond acceptors (Lipinski definition) is 2. The summed E-state index contributed by atoms with van der Waals surface area (Å²) in [5.74, 6) is 0.867. The molecular formula is C17H25NS. The van der Waals surface area contributed by atoms with Crippen LogP contribution in [0.25, 0.3) is 0 Å². The first-order valence-corrected chi connectivity index (χ1v) is 8.53. The van der Waals surface area contributed by atoms with Crippen molar-refractivity contribution in [2.45, 2.75) is 55.6 Å². The maximum atomic E-state index is 6.17. The van der Waals surface area contributed by atoms with Crippen LogP contribution in [-0.4, -0.2) is 11.8 Å². The van der Waals surface area contributed by atoms with Crippen molar-refractivity contribution in [2.75, 3.05) is 6.54 Å². The van der Waals surface area contributed by atoms with Crippen LogP contribution in [0.3, 0.4) is 0 Å². The minimum atomic E-state index is 0.428. The van der Waals surface area contributed by atoms with Gasteiger partial charge < -0.3 is 5.73 Å². The van der Waals surface area contributed by atoms with Gasteiger partial charge in [-0.1, -0.05) is 38.0 Å². The second kappa shape index (κ2) is 5.49. The van der Waals surface area contributed by atoms with Crippen molar-refractivity contribution in [3.05, 3.63) is 29.8 Å². The first-order valence-electron chi connectivity index (χ1n) is 7.65. The van der Waals surface area contributed by atoms with Crippen molar-refractivity contribution in [3.63, 3.8) is 0 Å². The van der Waals surface area contributed by atoms with Gasteiger partial charge in [0.05, 0.1) is 0 Å². The number of nitrogens with two attached hydrogens (primary N) is 1. The normalized spacial score (nSPS) is 34.2. The number of hydrogen-bond donors (Lipinski definition) is 1. The van der Waals surface area contributed by atoms with E-state index in [1.165, 1.54) is 43.4 Å². The summed E-state index contributed by atoms with van der Waals surface area (Å²) in [5, 5.41) is 0.756. The molecule has 2 aliphatic rings. The van der Waals surface area contributed by atoms with Gasteiger partial charge in [-0.2, -0.15) is 0 Å². The second-order valence-electron chi connectivity index (χ2n) is 6.66. The summed E-state index contributed by atoms with van der Waals surface area (Å²) in [6.07, 6.45) is 8.03. The molecule has 0 radical (unpaired) electrons. The van der Waals surface area contributed by atoms with Crippen LogP contribution in [0, 0.1) is 11.3 Å². The van der Waals surface area contributed by atoms with Gasteiger partial charge in [0.15, 0.2) is 0 Å². The first-order chi connectivity index (χ1) is 9.21. The van der Waals surface area contributed by atoms with Crippen molar-refractivity contribution in [2.24, 2.45) is 17.1 Å². The van der Waals surface area contributed by atoms with Crippen LogP contribution in [0.1, 0.15) is 44.6 Å². The smallest absolute Gasteiger partial charge is 0.0141 e. The van der Waals surface area contributed by atoms with Crippen LogP contribution in [0.2, 0.25) is 0 Å². The quantitative estimate of drug-likeness (QED) is 0.892. The third-order valence-corrected chi connectivity index (χ3v) is 6.31. The fraction of sp³-hybridized carbons (Fsp3) is 0.647. The molecule has 19 heavy (non-hydrogen) atoms. The van der Waals surface area contributed by atoms with Crippen molar-refractivity contribution in [3.8, 4) is 0 Å². The monoisotopic (exact) mass is 275 g/mol. The Labute approximate surface area is 121 Å². The average Bonchev–Trinajstić information content (AvgIpc) is 2.80. The topological polar surface area (TPSA) is 26.0 Å². The summed E-state index contributed by atoms with van der Waals surface area (Å²) in [5.41, 5.74) is 8.15. The molecule has 1 heterocycles. The molecule has 0 bridgehead atoms. The molecule has 1 aliphatic carbocycles. The highest BCUT2D eigenvalue weighted by atomic mass is 32.2. The lowest BCUT2D eigenvalue weighted by Crippen LogP contribution is -2.37. The Hall–Kier alpha value is -0.470. The molecule has 3 rings (SSSR count). The summed E-state index contributed by atoms with van der Waals surface area (Å²) in [7, 11) is 0. The molecule has 1 saturated carbocycles. The van der Waals surface area contributed by atoms with E-state index in [2.05, 4.69) is 43.0 Å². The highest BCUT2D eigenvalue weighted by Crippen LogP contribution is 2.48. The van der Waals surface area contributed by atoms with Crippen LogP contribution in [-0.2, 0) is 6.42 Å². The van der Waals surface area contributed by atoms with Gasteiger partial charge in [0.1, 0.15) is 0 Å². The number of fused-ring (bicyclic) bond motifs is 1. The van der Waals surface area contributed by atoms with E-state index < -0.39 is 0 Å². The van der Waals surface area contributed by atoms with Gasteiger partial charge in [0.25, 0.3) is 0 Å². The predicted octanol–water partition coefficient (Wildman–Crippen LogP) is 4.25. The first kappa shape index (κ1) is 13.5. The number of thioether (sulfide) groups is 1. The highest BCUT2D eigenvalue weighted by molar-refractivity contribution is 8.00. The van der Waals surface area contributed by atoms with Gasteiger partial charge in [-0.05, 0) is 55.2 Å². The molecule has 2 heteroatoms. The third kappa shape index (κ3) is 2.85. The molecule has 3 atom stereocenters. The summed E-state index contributed by atoms with van der Waals surface area (Å²) in [6, 6.07) is 8.90. The lowest BCUT2D eigenvalue weighted by Gasteiger charge is -2.40. The maximum absolute atomic E-state index is 6.17. The largest absolute Gasteiger partial charge is 0.330 e. The molecule has 1 aromatic rings. The molecule has 1 nitrogen and oxygen atoms in total. The Balaban J connectivity index is 1.68. The Morgan fingerprint density at radius 3 is 2.95 bits per heavy atom. The minimum absolute atomic E-state index is 0.428. The fourth-order valence-corrected chi connectivity index (χ4v) is 5.59. The summed E-state index contributed by atoms with van der Waals surface area (Å²) in [4.78, 5) is 1.50. The van der Waals surface area contributed by atoms with Gasteiger partial charge in [0, 0.05) is 10.1 Å². The van der Waals surface area contributed by atoms with E-state index in [0.29, 0.717) is 5.41 Å². The zero-order valence-corrected chi connectivity index (χ0v) is 12.7. The minimum Gasteiger partial charge on any atom is -0.330 e.